The summed E-state index contributed by atoms with van der Waals surface area (Å²) >= 11 is 0. The van der Waals surface area contributed by atoms with Gasteiger partial charge in [-0.25, -0.2) is 0 Å². The molecular formula is C17H28N2O. The number of fused-ring (bicyclic) bond motifs is 1. The van der Waals surface area contributed by atoms with E-state index in [4.69, 9.17) is 0 Å². The van der Waals surface area contributed by atoms with Gasteiger partial charge in [0.25, 0.3) is 0 Å². The average Bonchev–Trinajstić information content (AvgIpc) is 2.67. The van der Waals surface area contributed by atoms with Gasteiger partial charge >= 0.3 is 0 Å². The number of ketones is 1. The molecule has 0 aliphatic heterocycles. The van der Waals surface area contributed by atoms with Crippen molar-refractivity contribution >= 4 is 5.78 Å². The largest absolute Gasteiger partial charge is 0.346 e. The molecule has 1 unspecified atom stereocenters. The topological polar surface area (TPSA) is 25.2 Å². The van der Waals surface area contributed by atoms with Crippen LogP contribution in [0.2, 0.25) is 0 Å². The molecule has 0 fully saturated rings. The SMILES string of the molecule is CC(C)C(CN(C)C)n1ccc2c1CC(C)(C)CC2=O. The van der Waals surface area contributed by atoms with E-state index in [0.717, 1.165) is 18.5 Å². The lowest BCUT2D eigenvalue weighted by atomic mass is 9.76. The van der Waals surface area contributed by atoms with E-state index in [2.05, 4.69) is 57.5 Å². The Morgan fingerprint density at radius 3 is 2.50 bits per heavy atom. The van der Waals surface area contributed by atoms with Gasteiger partial charge in [0, 0.05) is 36.5 Å². The molecule has 1 aromatic heterocycles. The van der Waals surface area contributed by atoms with Gasteiger partial charge in [0.15, 0.2) is 5.78 Å². The first-order valence-corrected chi connectivity index (χ1v) is 7.59. The molecule has 0 saturated heterocycles. The van der Waals surface area contributed by atoms with E-state index >= 15 is 0 Å². The Morgan fingerprint density at radius 1 is 1.30 bits per heavy atom. The van der Waals surface area contributed by atoms with Crippen LogP contribution < -0.4 is 0 Å². The molecule has 1 aliphatic rings. The van der Waals surface area contributed by atoms with Crippen LogP contribution in [0, 0.1) is 11.3 Å². The fraction of sp³-hybridized carbons (Fsp3) is 0.706. The van der Waals surface area contributed by atoms with Crippen molar-refractivity contribution in [3.63, 3.8) is 0 Å². The van der Waals surface area contributed by atoms with Gasteiger partial charge in [-0.15, -0.1) is 0 Å². The highest BCUT2D eigenvalue weighted by Crippen LogP contribution is 2.37. The molecule has 1 aliphatic carbocycles. The molecule has 1 heterocycles. The molecule has 0 spiro atoms. The molecule has 1 aromatic rings. The monoisotopic (exact) mass is 276 g/mol. The van der Waals surface area contributed by atoms with Gasteiger partial charge in [0.05, 0.1) is 0 Å². The van der Waals surface area contributed by atoms with E-state index in [1.165, 1.54) is 5.69 Å². The molecule has 0 bridgehead atoms. The average molecular weight is 276 g/mol. The summed E-state index contributed by atoms with van der Waals surface area (Å²) in [5.74, 6) is 0.858. The number of rotatable bonds is 4. The third-order valence-corrected chi connectivity index (χ3v) is 4.29. The van der Waals surface area contributed by atoms with Crippen LogP contribution in [-0.4, -0.2) is 35.9 Å². The summed E-state index contributed by atoms with van der Waals surface area (Å²) in [5.41, 5.74) is 2.28. The Hall–Kier alpha value is -1.09. The smallest absolute Gasteiger partial charge is 0.165 e. The minimum absolute atomic E-state index is 0.0832. The number of Topliss-reactive ketones (excluding diaryl/α,β-unsaturated/α-hetero) is 1. The van der Waals surface area contributed by atoms with Gasteiger partial charge in [0.1, 0.15) is 0 Å². The molecule has 3 nitrogen and oxygen atoms in total. The van der Waals surface area contributed by atoms with Crippen LogP contribution in [0.15, 0.2) is 12.3 Å². The maximum absolute atomic E-state index is 12.3. The number of carbonyl (C=O) groups is 1. The van der Waals surface area contributed by atoms with Crippen LogP contribution in [0.5, 0.6) is 0 Å². The number of carbonyl (C=O) groups excluding carboxylic acids is 1. The van der Waals surface area contributed by atoms with Crippen molar-refractivity contribution in [3.8, 4) is 0 Å². The van der Waals surface area contributed by atoms with Gasteiger partial charge in [-0.05, 0) is 37.9 Å². The van der Waals surface area contributed by atoms with Crippen molar-refractivity contribution in [2.24, 2.45) is 11.3 Å². The molecule has 3 heteroatoms. The summed E-state index contributed by atoms with van der Waals surface area (Å²) in [4.78, 5) is 14.5. The second-order valence-corrected chi connectivity index (χ2v) is 7.60. The minimum atomic E-state index is 0.0832. The maximum Gasteiger partial charge on any atom is 0.165 e. The third-order valence-electron chi connectivity index (χ3n) is 4.29. The molecule has 1 atom stereocenters. The first-order chi connectivity index (χ1) is 9.21. The molecule has 20 heavy (non-hydrogen) atoms. The molecule has 0 saturated carbocycles. The van der Waals surface area contributed by atoms with E-state index < -0.39 is 0 Å². The number of likely N-dealkylation sites (N-methyl/N-ethyl adjacent to an activating group) is 1. The molecule has 0 radical (unpaired) electrons. The molecule has 2 rings (SSSR count). The zero-order valence-corrected chi connectivity index (χ0v) is 13.7. The lowest BCUT2D eigenvalue weighted by Gasteiger charge is -2.33. The van der Waals surface area contributed by atoms with Crippen LogP contribution in [0.3, 0.4) is 0 Å². The van der Waals surface area contributed by atoms with Crippen LogP contribution in [-0.2, 0) is 6.42 Å². The Labute approximate surface area is 123 Å². The van der Waals surface area contributed by atoms with Crippen LogP contribution in [0.4, 0.5) is 0 Å². The second kappa shape index (κ2) is 5.36. The van der Waals surface area contributed by atoms with Gasteiger partial charge in [-0.3, -0.25) is 4.79 Å². The Bertz CT molecular complexity index is 497. The van der Waals surface area contributed by atoms with Crippen molar-refractivity contribution in [1.82, 2.24) is 9.47 Å². The van der Waals surface area contributed by atoms with Crippen LogP contribution in [0.25, 0.3) is 0 Å². The zero-order valence-electron chi connectivity index (χ0n) is 13.7. The van der Waals surface area contributed by atoms with Crippen molar-refractivity contribution in [1.29, 1.82) is 0 Å². The molecule has 0 aromatic carbocycles. The van der Waals surface area contributed by atoms with E-state index in [0.29, 0.717) is 24.2 Å². The van der Waals surface area contributed by atoms with Crippen molar-refractivity contribution < 1.29 is 4.79 Å². The summed E-state index contributed by atoms with van der Waals surface area (Å²) in [6, 6.07) is 2.45. The highest BCUT2D eigenvalue weighted by molar-refractivity contribution is 5.98. The van der Waals surface area contributed by atoms with Crippen LogP contribution >= 0.6 is 0 Å². The number of nitrogens with zero attached hydrogens (tertiary/aromatic N) is 2. The number of hydrogen-bond acceptors (Lipinski definition) is 2. The van der Waals surface area contributed by atoms with Gasteiger partial charge in [-0.2, -0.15) is 0 Å². The summed E-state index contributed by atoms with van der Waals surface area (Å²) in [6.07, 6.45) is 3.79. The molecule has 0 amide bonds. The number of aromatic nitrogens is 1. The normalized spacial score (nSPS) is 19.5. The molecular weight excluding hydrogens is 248 g/mol. The van der Waals surface area contributed by atoms with Gasteiger partial charge in [-0.1, -0.05) is 27.7 Å². The standard InChI is InChI=1S/C17H28N2O/c1-12(2)15(11-18(5)6)19-8-7-13-14(19)9-17(3,4)10-16(13)20/h7-8,12,15H,9-11H2,1-6H3. The van der Waals surface area contributed by atoms with E-state index in [1.807, 2.05) is 6.07 Å². The fourth-order valence-corrected chi connectivity index (χ4v) is 3.27. The first kappa shape index (κ1) is 15.3. The predicted octanol–water partition coefficient (Wildman–Crippen LogP) is 3.40. The van der Waals surface area contributed by atoms with Crippen molar-refractivity contribution in [3.05, 3.63) is 23.5 Å². The number of hydrogen-bond donors (Lipinski definition) is 0. The summed E-state index contributed by atoms with van der Waals surface area (Å²) < 4.78 is 2.36. The molecule has 112 valence electrons. The van der Waals surface area contributed by atoms with Crippen LogP contribution in [0.1, 0.15) is 56.2 Å². The van der Waals surface area contributed by atoms with E-state index in [1.54, 1.807) is 0 Å². The highest BCUT2D eigenvalue weighted by atomic mass is 16.1. The third kappa shape index (κ3) is 2.98. The van der Waals surface area contributed by atoms with E-state index in [9.17, 15) is 4.79 Å². The maximum atomic E-state index is 12.3. The summed E-state index contributed by atoms with van der Waals surface area (Å²) in [6.45, 7) is 9.92. The Morgan fingerprint density at radius 2 is 1.95 bits per heavy atom. The minimum Gasteiger partial charge on any atom is -0.346 e. The van der Waals surface area contributed by atoms with Crippen molar-refractivity contribution in [2.45, 2.75) is 46.6 Å². The van der Waals surface area contributed by atoms with Crippen molar-refractivity contribution in [2.75, 3.05) is 20.6 Å². The second-order valence-electron chi connectivity index (χ2n) is 7.60. The zero-order chi connectivity index (χ0) is 15.1. The summed E-state index contributed by atoms with van der Waals surface area (Å²) in [7, 11) is 4.22. The lowest BCUT2D eigenvalue weighted by molar-refractivity contribution is 0.0908. The first-order valence-electron chi connectivity index (χ1n) is 7.59. The van der Waals surface area contributed by atoms with Gasteiger partial charge in [0.2, 0.25) is 0 Å². The van der Waals surface area contributed by atoms with Gasteiger partial charge < -0.3 is 9.47 Å². The summed E-state index contributed by atoms with van der Waals surface area (Å²) in [5, 5.41) is 0. The molecule has 0 N–H and O–H groups in total. The Kier molecular flexibility index (Phi) is 4.10. The Balaban J connectivity index is 2.41. The van der Waals surface area contributed by atoms with E-state index in [-0.39, 0.29) is 5.41 Å². The fourth-order valence-electron chi connectivity index (χ4n) is 3.27. The quantitative estimate of drug-likeness (QED) is 0.842. The highest BCUT2D eigenvalue weighted by Gasteiger charge is 2.34. The predicted molar refractivity (Wildman–Crippen MR) is 83.3 cm³/mol. The lowest BCUT2D eigenvalue weighted by Crippen LogP contribution is -2.32.